The molecule has 0 spiro atoms. The number of carboxylic acid groups (broad SMARTS) is 1. The second-order valence-corrected chi connectivity index (χ2v) is 5.30. The molecule has 1 aliphatic heterocycles. The Hall–Kier alpha value is -3.23. The number of Topliss-reactive ketones (excluding diaryl/α,β-unsaturated/α-hetero) is 1. The fourth-order valence-corrected chi connectivity index (χ4v) is 2.61. The largest absolute Gasteiger partial charge is 0.503 e. The first-order valence-electron chi connectivity index (χ1n) is 6.90. The summed E-state index contributed by atoms with van der Waals surface area (Å²) in [6.45, 7) is 2.39. The molecule has 0 radical (unpaired) electrons. The van der Waals surface area contributed by atoms with Gasteiger partial charge >= 0.3 is 5.97 Å². The number of hydrogen-bond acceptors (Lipinski definition) is 6. The molecule has 0 saturated heterocycles. The highest BCUT2D eigenvalue weighted by molar-refractivity contribution is 6.09. The van der Waals surface area contributed by atoms with E-state index in [1.54, 1.807) is 0 Å². The predicted octanol–water partition coefficient (Wildman–Crippen LogP) is 1.35. The summed E-state index contributed by atoms with van der Waals surface area (Å²) in [4.78, 5) is 46.3. The molecule has 9 heteroatoms. The molecule has 0 bridgehead atoms. The van der Waals surface area contributed by atoms with Crippen molar-refractivity contribution in [3.63, 3.8) is 0 Å². The standard InChI is InChI=1S/C15H14N2O7/c1-7(15(21)22)16-12(11(8(2)18)13(19)14(16)20)9-3-5-10(6-4-9)17(23)24/h3-7,12,19H,1-2H3,(H,21,22)/t7-,12+/m1/s1. The van der Waals surface area contributed by atoms with Gasteiger partial charge in [0.05, 0.1) is 16.5 Å². The van der Waals surface area contributed by atoms with E-state index in [1.807, 2.05) is 0 Å². The number of non-ortho nitro benzene ring substituents is 1. The number of nitrogens with zero attached hydrogens (tertiary/aromatic N) is 2. The lowest BCUT2D eigenvalue weighted by molar-refractivity contribution is -0.384. The fraction of sp³-hybridized carbons (Fsp3) is 0.267. The summed E-state index contributed by atoms with van der Waals surface area (Å²) in [5.74, 6) is -3.69. The van der Waals surface area contributed by atoms with Gasteiger partial charge < -0.3 is 15.1 Å². The number of benzene rings is 1. The second-order valence-electron chi connectivity index (χ2n) is 5.30. The van der Waals surface area contributed by atoms with Crippen molar-refractivity contribution in [1.82, 2.24) is 4.90 Å². The highest BCUT2D eigenvalue weighted by Crippen LogP contribution is 2.39. The van der Waals surface area contributed by atoms with E-state index < -0.39 is 40.4 Å². The van der Waals surface area contributed by atoms with Gasteiger partial charge in [-0.1, -0.05) is 0 Å². The molecule has 24 heavy (non-hydrogen) atoms. The molecule has 2 N–H and O–H groups in total. The number of nitro groups is 1. The fourth-order valence-electron chi connectivity index (χ4n) is 2.61. The SMILES string of the molecule is CC(=O)C1=C(O)C(=O)N([C@H](C)C(=O)O)[C@H]1c1ccc([N+](=O)[O-])cc1. The van der Waals surface area contributed by atoms with Gasteiger partial charge in [-0.25, -0.2) is 4.79 Å². The molecule has 1 aliphatic rings. The number of carbonyl (C=O) groups excluding carboxylic acids is 2. The van der Waals surface area contributed by atoms with Crippen LogP contribution >= 0.6 is 0 Å². The second kappa shape index (κ2) is 6.11. The summed E-state index contributed by atoms with van der Waals surface area (Å²) >= 11 is 0. The molecule has 9 nitrogen and oxygen atoms in total. The maximum atomic E-state index is 12.2. The van der Waals surface area contributed by atoms with Crippen molar-refractivity contribution in [3.8, 4) is 0 Å². The first kappa shape index (κ1) is 17.1. The molecule has 126 valence electrons. The zero-order chi connectivity index (χ0) is 18.2. The maximum Gasteiger partial charge on any atom is 0.326 e. The third kappa shape index (κ3) is 2.71. The number of rotatable bonds is 5. The van der Waals surface area contributed by atoms with Crippen molar-refractivity contribution in [2.75, 3.05) is 0 Å². The van der Waals surface area contributed by atoms with Crippen molar-refractivity contribution >= 4 is 23.3 Å². The average Bonchev–Trinajstić information content (AvgIpc) is 2.78. The Labute approximate surface area is 136 Å². The molecule has 2 atom stereocenters. The quantitative estimate of drug-likeness (QED) is 0.612. The number of aliphatic hydroxyl groups is 1. The van der Waals surface area contributed by atoms with Gasteiger partial charge in [-0.05, 0) is 31.5 Å². The van der Waals surface area contributed by atoms with Crippen LogP contribution in [-0.4, -0.2) is 43.7 Å². The minimum atomic E-state index is -1.31. The Kier molecular flexibility index (Phi) is 4.36. The third-order valence-electron chi connectivity index (χ3n) is 3.82. The van der Waals surface area contributed by atoms with Crippen LogP contribution in [0.15, 0.2) is 35.6 Å². The number of ketones is 1. The highest BCUT2D eigenvalue weighted by atomic mass is 16.6. The van der Waals surface area contributed by atoms with Gasteiger partial charge in [0.2, 0.25) is 0 Å². The summed E-state index contributed by atoms with van der Waals surface area (Å²) in [5, 5.41) is 29.9. The van der Waals surface area contributed by atoms with Crippen LogP contribution in [-0.2, 0) is 14.4 Å². The van der Waals surface area contributed by atoms with Crippen LogP contribution in [0.3, 0.4) is 0 Å². The Morgan fingerprint density at radius 2 is 1.83 bits per heavy atom. The van der Waals surface area contributed by atoms with E-state index in [9.17, 15) is 34.7 Å². The molecule has 0 aromatic heterocycles. The average molecular weight is 334 g/mol. The molecule has 2 rings (SSSR count). The van der Waals surface area contributed by atoms with Crippen molar-refractivity contribution in [2.24, 2.45) is 0 Å². The van der Waals surface area contributed by atoms with Gasteiger partial charge in [0, 0.05) is 12.1 Å². The van der Waals surface area contributed by atoms with Gasteiger partial charge in [0.15, 0.2) is 11.5 Å². The Morgan fingerprint density at radius 3 is 2.25 bits per heavy atom. The van der Waals surface area contributed by atoms with Gasteiger partial charge in [-0.3, -0.25) is 19.7 Å². The van der Waals surface area contributed by atoms with Gasteiger partial charge in [-0.15, -0.1) is 0 Å². The molecule has 1 aromatic carbocycles. The van der Waals surface area contributed by atoms with Crippen molar-refractivity contribution < 1.29 is 29.5 Å². The minimum Gasteiger partial charge on any atom is -0.503 e. The lowest BCUT2D eigenvalue weighted by Crippen LogP contribution is -2.43. The van der Waals surface area contributed by atoms with Crippen molar-refractivity contribution in [2.45, 2.75) is 25.9 Å². The number of carbonyl (C=O) groups is 3. The van der Waals surface area contributed by atoms with Crippen LogP contribution in [0.5, 0.6) is 0 Å². The molecule has 1 amide bonds. The highest BCUT2D eigenvalue weighted by Gasteiger charge is 2.46. The van der Waals surface area contributed by atoms with Crippen LogP contribution in [0, 0.1) is 10.1 Å². The van der Waals surface area contributed by atoms with E-state index in [0.29, 0.717) is 0 Å². The normalized spacial score (nSPS) is 18.7. The number of carboxylic acids is 1. The summed E-state index contributed by atoms with van der Waals surface area (Å²) in [6.07, 6.45) is 0. The van der Waals surface area contributed by atoms with Crippen molar-refractivity contribution in [1.29, 1.82) is 0 Å². The number of amides is 1. The molecule has 1 heterocycles. The van der Waals surface area contributed by atoms with Gasteiger partial charge in [0.25, 0.3) is 11.6 Å². The van der Waals surface area contributed by atoms with Crippen LogP contribution in [0.2, 0.25) is 0 Å². The topological polar surface area (TPSA) is 138 Å². The molecule has 0 saturated carbocycles. The number of aliphatic carboxylic acids is 1. The monoisotopic (exact) mass is 334 g/mol. The smallest absolute Gasteiger partial charge is 0.326 e. The minimum absolute atomic E-state index is 0.196. The zero-order valence-corrected chi connectivity index (χ0v) is 12.8. The number of hydrogen-bond donors (Lipinski definition) is 2. The van der Waals surface area contributed by atoms with Gasteiger partial charge in [0.1, 0.15) is 6.04 Å². The molecular weight excluding hydrogens is 320 g/mol. The summed E-state index contributed by atoms with van der Waals surface area (Å²) < 4.78 is 0. The van der Waals surface area contributed by atoms with E-state index >= 15 is 0 Å². The third-order valence-corrected chi connectivity index (χ3v) is 3.82. The van der Waals surface area contributed by atoms with E-state index in [0.717, 1.165) is 11.8 Å². The summed E-state index contributed by atoms with van der Waals surface area (Å²) in [5.41, 5.74) is -0.142. The lowest BCUT2D eigenvalue weighted by Gasteiger charge is -2.29. The van der Waals surface area contributed by atoms with E-state index in [2.05, 4.69) is 0 Å². The summed E-state index contributed by atoms with van der Waals surface area (Å²) in [7, 11) is 0. The predicted molar refractivity (Wildman–Crippen MR) is 80.1 cm³/mol. The number of aliphatic hydroxyl groups excluding tert-OH is 1. The zero-order valence-electron chi connectivity index (χ0n) is 12.8. The Morgan fingerprint density at radius 1 is 1.29 bits per heavy atom. The first-order valence-corrected chi connectivity index (χ1v) is 6.90. The van der Waals surface area contributed by atoms with Gasteiger partial charge in [-0.2, -0.15) is 0 Å². The Bertz CT molecular complexity index is 767. The molecule has 1 aromatic rings. The van der Waals surface area contributed by atoms with Crippen LogP contribution in [0.1, 0.15) is 25.5 Å². The van der Waals surface area contributed by atoms with Crippen LogP contribution in [0.25, 0.3) is 0 Å². The number of nitro benzene ring substituents is 1. The van der Waals surface area contributed by atoms with E-state index in [-0.39, 0.29) is 16.8 Å². The van der Waals surface area contributed by atoms with Crippen LogP contribution < -0.4 is 0 Å². The van der Waals surface area contributed by atoms with Crippen molar-refractivity contribution in [3.05, 3.63) is 51.3 Å². The molecule has 0 fully saturated rings. The first-order chi connectivity index (χ1) is 11.2. The molecule has 0 unspecified atom stereocenters. The molecule has 0 aliphatic carbocycles. The lowest BCUT2D eigenvalue weighted by atomic mass is 9.96. The van der Waals surface area contributed by atoms with E-state index in [4.69, 9.17) is 0 Å². The summed E-state index contributed by atoms with van der Waals surface area (Å²) in [6, 6.07) is 2.56. The van der Waals surface area contributed by atoms with Crippen LogP contribution in [0.4, 0.5) is 5.69 Å². The maximum absolute atomic E-state index is 12.2. The Balaban J connectivity index is 2.58. The van der Waals surface area contributed by atoms with E-state index in [1.165, 1.54) is 31.2 Å². The molecular formula is C15H14N2O7.